The summed E-state index contributed by atoms with van der Waals surface area (Å²) in [6.07, 6.45) is 0.318. The Morgan fingerprint density at radius 1 is 0.841 bits per heavy atom. The van der Waals surface area contributed by atoms with Crippen molar-refractivity contribution in [2.24, 2.45) is 0 Å². The van der Waals surface area contributed by atoms with Crippen molar-refractivity contribution < 1.29 is 22.7 Å². The standard InChI is InChI=1S/C34H36ClN3O5S/c1-4-32(34(40)36-5-2)37(23-26-11-9-10-14-31(26)35)33(39)24-38(44(41,42)30-21-15-25(3)16-22-30)27-17-19-29(20-18-27)43-28-12-7-6-8-13-28/h6-22,32H,4-5,23-24H2,1-3H3,(H,36,40)/t32-/m0/s1. The molecule has 0 aliphatic carbocycles. The van der Waals surface area contributed by atoms with Crippen LogP contribution in [0.5, 0.6) is 11.5 Å². The van der Waals surface area contributed by atoms with E-state index in [0.29, 0.717) is 35.1 Å². The largest absolute Gasteiger partial charge is 0.457 e. The van der Waals surface area contributed by atoms with Gasteiger partial charge in [-0.25, -0.2) is 8.42 Å². The van der Waals surface area contributed by atoms with E-state index in [2.05, 4.69) is 5.32 Å². The zero-order valence-electron chi connectivity index (χ0n) is 24.9. The second-order valence-electron chi connectivity index (χ2n) is 10.2. The summed E-state index contributed by atoms with van der Waals surface area (Å²) in [5.41, 5.74) is 1.80. The highest BCUT2D eigenvalue weighted by molar-refractivity contribution is 7.92. The van der Waals surface area contributed by atoms with E-state index in [1.54, 1.807) is 74.5 Å². The molecule has 0 fully saturated rings. The average molecular weight is 634 g/mol. The van der Waals surface area contributed by atoms with Gasteiger partial charge in [-0.15, -0.1) is 0 Å². The first-order valence-corrected chi connectivity index (χ1v) is 16.2. The highest BCUT2D eigenvalue weighted by Gasteiger charge is 2.33. The lowest BCUT2D eigenvalue weighted by atomic mass is 10.1. The number of hydrogen-bond donors (Lipinski definition) is 1. The number of ether oxygens (including phenoxy) is 1. The zero-order valence-corrected chi connectivity index (χ0v) is 26.5. The van der Waals surface area contributed by atoms with Crippen LogP contribution in [-0.4, -0.2) is 44.3 Å². The molecule has 8 nitrogen and oxygen atoms in total. The molecule has 0 aliphatic rings. The predicted molar refractivity (Wildman–Crippen MR) is 173 cm³/mol. The molecule has 0 aromatic heterocycles. The molecular formula is C34H36ClN3O5S. The number of rotatable bonds is 13. The molecule has 0 aliphatic heterocycles. The lowest BCUT2D eigenvalue weighted by Gasteiger charge is -2.33. The summed E-state index contributed by atoms with van der Waals surface area (Å²) in [4.78, 5) is 28.7. The molecule has 44 heavy (non-hydrogen) atoms. The fourth-order valence-electron chi connectivity index (χ4n) is 4.69. The first-order valence-electron chi connectivity index (χ1n) is 14.4. The average Bonchev–Trinajstić information content (AvgIpc) is 3.02. The summed E-state index contributed by atoms with van der Waals surface area (Å²) < 4.78 is 35.1. The van der Waals surface area contributed by atoms with Gasteiger partial charge in [-0.3, -0.25) is 13.9 Å². The Hall–Kier alpha value is -4.34. The SMILES string of the molecule is CCNC(=O)[C@H](CC)N(Cc1ccccc1Cl)C(=O)CN(c1ccc(Oc2ccccc2)cc1)S(=O)(=O)c1ccc(C)cc1. The fourth-order valence-corrected chi connectivity index (χ4v) is 6.30. The number of aryl methyl sites for hydroxylation is 1. The lowest BCUT2D eigenvalue weighted by molar-refractivity contribution is -0.140. The number of amides is 2. The Labute approximate surface area is 264 Å². The minimum Gasteiger partial charge on any atom is -0.457 e. The summed E-state index contributed by atoms with van der Waals surface area (Å²) >= 11 is 6.44. The van der Waals surface area contributed by atoms with Crippen LogP contribution in [0.2, 0.25) is 5.02 Å². The normalized spacial score (nSPS) is 11.8. The molecule has 4 aromatic carbocycles. The summed E-state index contributed by atoms with van der Waals surface area (Å²) in [5.74, 6) is 0.251. The van der Waals surface area contributed by atoms with Crippen molar-refractivity contribution in [1.82, 2.24) is 10.2 Å². The Morgan fingerprint density at radius 3 is 2.07 bits per heavy atom. The molecule has 2 amide bonds. The van der Waals surface area contributed by atoms with Gasteiger partial charge in [-0.05, 0) is 80.4 Å². The van der Waals surface area contributed by atoms with Crippen molar-refractivity contribution in [2.75, 3.05) is 17.4 Å². The van der Waals surface area contributed by atoms with Gasteiger partial charge in [0.2, 0.25) is 11.8 Å². The van der Waals surface area contributed by atoms with Gasteiger partial charge in [-0.1, -0.05) is 72.6 Å². The number of carbonyl (C=O) groups is 2. The highest BCUT2D eigenvalue weighted by Crippen LogP contribution is 2.29. The molecule has 1 atom stereocenters. The molecule has 4 aromatic rings. The Bertz CT molecular complexity index is 1660. The highest BCUT2D eigenvalue weighted by atomic mass is 35.5. The molecule has 230 valence electrons. The van der Waals surface area contributed by atoms with E-state index in [1.807, 2.05) is 37.3 Å². The number of para-hydroxylation sites is 1. The number of carbonyl (C=O) groups excluding carboxylic acids is 2. The van der Waals surface area contributed by atoms with Gasteiger partial charge < -0.3 is 15.0 Å². The van der Waals surface area contributed by atoms with Gasteiger partial charge in [0.25, 0.3) is 10.0 Å². The number of nitrogens with zero attached hydrogens (tertiary/aromatic N) is 2. The quantitative estimate of drug-likeness (QED) is 0.179. The van der Waals surface area contributed by atoms with E-state index in [1.165, 1.54) is 17.0 Å². The monoisotopic (exact) mass is 633 g/mol. The summed E-state index contributed by atoms with van der Waals surface area (Å²) in [5, 5.41) is 3.23. The summed E-state index contributed by atoms with van der Waals surface area (Å²) in [6, 6.07) is 28.3. The van der Waals surface area contributed by atoms with Crippen molar-refractivity contribution in [3.8, 4) is 11.5 Å². The third-order valence-electron chi connectivity index (χ3n) is 7.03. The summed E-state index contributed by atoms with van der Waals surface area (Å²) in [7, 11) is -4.20. The first-order chi connectivity index (χ1) is 21.1. The van der Waals surface area contributed by atoms with Crippen molar-refractivity contribution >= 4 is 39.1 Å². The molecule has 0 bridgehead atoms. The molecule has 0 heterocycles. The number of nitrogens with one attached hydrogen (secondary N) is 1. The number of anilines is 1. The van der Waals surface area contributed by atoms with E-state index in [4.69, 9.17) is 16.3 Å². The van der Waals surface area contributed by atoms with Crippen LogP contribution in [0.1, 0.15) is 31.4 Å². The topological polar surface area (TPSA) is 96.0 Å². The molecule has 1 N–H and O–H groups in total. The van der Waals surface area contributed by atoms with Crippen molar-refractivity contribution in [3.63, 3.8) is 0 Å². The van der Waals surface area contributed by atoms with Crippen LogP contribution in [0.15, 0.2) is 108 Å². The Morgan fingerprint density at radius 2 is 1.45 bits per heavy atom. The molecule has 0 saturated carbocycles. The van der Waals surface area contributed by atoms with Crippen LogP contribution >= 0.6 is 11.6 Å². The first kappa shape index (κ1) is 32.6. The van der Waals surface area contributed by atoms with Crippen LogP contribution in [-0.2, 0) is 26.2 Å². The number of halogens is 1. The second kappa shape index (κ2) is 14.9. The Balaban J connectivity index is 1.73. The Kier molecular flexibility index (Phi) is 11.0. The number of sulfonamides is 1. The van der Waals surface area contributed by atoms with Gasteiger partial charge in [0.15, 0.2) is 0 Å². The zero-order chi connectivity index (χ0) is 31.7. The van der Waals surface area contributed by atoms with Gasteiger partial charge in [0.1, 0.15) is 24.1 Å². The lowest BCUT2D eigenvalue weighted by Crippen LogP contribution is -2.52. The second-order valence-corrected chi connectivity index (χ2v) is 12.4. The molecule has 4 rings (SSSR count). The van der Waals surface area contributed by atoms with E-state index in [9.17, 15) is 18.0 Å². The van der Waals surface area contributed by atoms with Gasteiger partial charge in [0, 0.05) is 18.1 Å². The van der Waals surface area contributed by atoms with E-state index in [-0.39, 0.29) is 23.0 Å². The van der Waals surface area contributed by atoms with Crippen molar-refractivity contribution in [2.45, 2.75) is 44.7 Å². The van der Waals surface area contributed by atoms with Gasteiger partial charge in [0.05, 0.1) is 10.6 Å². The number of benzene rings is 4. The third kappa shape index (κ3) is 7.98. The van der Waals surface area contributed by atoms with Crippen LogP contribution in [0.4, 0.5) is 5.69 Å². The molecular weight excluding hydrogens is 598 g/mol. The maximum Gasteiger partial charge on any atom is 0.264 e. The predicted octanol–water partition coefficient (Wildman–Crippen LogP) is 6.58. The van der Waals surface area contributed by atoms with Crippen LogP contribution in [0, 0.1) is 6.92 Å². The van der Waals surface area contributed by atoms with E-state index < -0.39 is 28.5 Å². The number of hydrogen-bond acceptors (Lipinski definition) is 5. The minimum absolute atomic E-state index is 0.0242. The van der Waals surface area contributed by atoms with Gasteiger partial charge in [-0.2, -0.15) is 0 Å². The smallest absolute Gasteiger partial charge is 0.264 e. The third-order valence-corrected chi connectivity index (χ3v) is 9.18. The molecule has 10 heteroatoms. The number of likely N-dealkylation sites (N-methyl/N-ethyl adjacent to an activating group) is 1. The molecule has 0 radical (unpaired) electrons. The maximum absolute atomic E-state index is 14.2. The van der Waals surface area contributed by atoms with E-state index in [0.717, 1.165) is 9.87 Å². The maximum atomic E-state index is 14.2. The molecule has 0 unspecified atom stereocenters. The van der Waals surface area contributed by atoms with Gasteiger partial charge >= 0.3 is 0 Å². The molecule has 0 spiro atoms. The van der Waals surface area contributed by atoms with Crippen molar-refractivity contribution in [3.05, 3.63) is 119 Å². The molecule has 0 saturated heterocycles. The van der Waals surface area contributed by atoms with Crippen LogP contribution < -0.4 is 14.4 Å². The van der Waals surface area contributed by atoms with Crippen LogP contribution in [0.25, 0.3) is 0 Å². The van der Waals surface area contributed by atoms with Crippen LogP contribution in [0.3, 0.4) is 0 Å². The van der Waals surface area contributed by atoms with Crippen molar-refractivity contribution in [1.29, 1.82) is 0 Å². The minimum atomic E-state index is -4.20. The summed E-state index contributed by atoms with van der Waals surface area (Å²) in [6.45, 7) is 5.33. The van der Waals surface area contributed by atoms with E-state index >= 15 is 0 Å². The fraction of sp³-hybridized carbons (Fsp3) is 0.235.